The molecule has 0 aliphatic carbocycles. The van der Waals surface area contributed by atoms with E-state index in [4.69, 9.17) is 5.73 Å². The van der Waals surface area contributed by atoms with Gasteiger partial charge in [-0.1, -0.05) is 36.4 Å². The first-order valence-electron chi connectivity index (χ1n) is 7.98. The topological polar surface area (TPSA) is 120 Å². The quantitative estimate of drug-likeness (QED) is 0.579. The first-order valence-corrected chi connectivity index (χ1v) is 7.98. The fraction of sp³-hybridized carbons (Fsp3) is 0. The summed E-state index contributed by atoms with van der Waals surface area (Å²) in [6, 6.07) is 19.1. The molecule has 0 fully saturated rings. The Balaban J connectivity index is 2.16. The van der Waals surface area contributed by atoms with Gasteiger partial charge < -0.3 is 5.73 Å². The van der Waals surface area contributed by atoms with Gasteiger partial charge in [-0.25, -0.2) is 9.36 Å². The van der Waals surface area contributed by atoms with Gasteiger partial charge in [0.1, 0.15) is 22.8 Å². The molecule has 0 saturated heterocycles. The predicted molar refractivity (Wildman–Crippen MR) is 99.9 cm³/mol. The predicted octanol–water partition coefficient (Wildman–Crippen LogP) is 1.39. The molecule has 0 saturated carbocycles. The van der Waals surface area contributed by atoms with Gasteiger partial charge in [0.2, 0.25) is 0 Å². The van der Waals surface area contributed by atoms with Crippen LogP contribution in [-0.2, 0) is 0 Å². The van der Waals surface area contributed by atoms with E-state index in [0.717, 1.165) is 9.25 Å². The second-order valence-corrected chi connectivity index (χ2v) is 5.69. The number of rotatable bonds is 2. The van der Waals surface area contributed by atoms with Crippen molar-refractivity contribution in [3.8, 4) is 17.4 Å². The summed E-state index contributed by atoms with van der Waals surface area (Å²) in [6.07, 6.45) is 0. The van der Waals surface area contributed by atoms with Crippen molar-refractivity contribution in [3.63, 3.8) is 0 Å². The van der Waals surface area contributed by atoms with Crippen LogP contribution in [0.2, 0.25) is 0 Å². The van der Waals surface area contributed by atoms with Crippen LogP contribution in [0.3, 0.4) is 0 Å². The first-order chi connectivity index (χ1) is 13.1. The van der Waals surface area contributed by atoms with E-state index in [0.29, 0.717) is 11.4 Å². The van der Waals surface area contributed by atoms with Crippen LogP contribution in [0.15, 0.2) is 70.3 Å². The maximum absolute atomic E-state index is 13.1. The molecule has 0 atom stereocenters. The highest BCUT2D eigenvalue weighted by Crippen LogP contribution is 2.19. The minimum Gasteiger partial charge on any atom is -0.384 e. The third kappa shape index (κ3) is 2.54. The highest BCUT2D eigenvalue weighted by molar-refractivity contribution is 5.90. The van der Waals surface area contributed by atoms with Crippen molar-refractivity contribution in [2.24, 2.45) is 0 Å². The monoisotopic (exact) mass is 356 g/mol. The summed E-state index contributed by atoms with van der Waals surface area (Å²) in [6.45, 7) is 0. The Hall–Kier alpha value is -4.25. The number of hydrogen-bond donors (Lipinski definition) is 1. The average molecular weight is 356 g/mol. The van der Waals surface area contributed by atoms with Crippen LogP contribution in [0.25, 0.3) is 22.3 Å². The molecule has 2 aromatic carbocycles. The summed E-state index contributed by atoms with van der Waals surface area (Å²) < 4.78 is 2.22. The molecule has 130 valence electrons. The first kappa shape index (κ1) is 16.2. The van der Waals surface area contributed by atoms with E-state index in [-0.39, 0.29) is 22.4 Å². The molecule has 0 aliphatic rings. The minimum atomic E-state index is -0.693. The second-order valence-electron chi connectivity index (χ2n) is 5.69. The number of para-hydroxylation sites is 2. The maximum atomic E-state index is 13.1. The molecule has 2 N–H and O–H groups in total. The number of aromatic nitrogens is 4. The Kier molecular flexibility index (Phi) is 3.75. The van der Waals surface area contributed by atoms with Gasteiger partial charge in [-0.3, -0.25) is 4.79 Å². The molecular formula is C19H12N6O2. The summed E-state index contributed by atoms with van der Waals surface area (Å²) in [5.41, 5.74) is 5.61. The number of benzene rings is 2. The fourth-order valence-corrected chi connectivity index (χ4v) is 2.86. The number of nitrogens with two attached hydrogens (primary N) is 1. The number of nitrogen functional groups attached to an aromatic ring is 1. The molecule has 0 spiro atoms. The number of nitriles is 1. The lowest BCUT2D eigenvalue weighted by Crippen LogP contribution is -2.30. The lowest BCUT2D eigenvalue weighted by atomic mass is 10.2. The number of nitrogens with zero attached hydrogens (tertiary/aromatic N) is 5. The maximum Gasteiger partial charge on any atom is 0.354 e. The summed E-state index contributed by atoms with van der Waals surface area (Å²) in [4.78, 5) is 29.5. The van der Waals surface area contributed by atoms with Crippen LogP contribution in [0.4, 0.5) is 5.82 Å². The van der Waals surface area contributed by atoms with Gasteiger partial charge in [-0.05, 0) is 24.3 Å². The number of anilines is 1. The molecular weight excluding hydrogens is 344 g/mol. The van der Waals surface area contributed by atoms with Crippen molar-refractivity contribution in [1.82, 2.24) is 19.3 Å². The molecule has 4 aromatic rings. The third-order valence-corrected chi connectivity index (χ3v) is 4.08. The van der Waals surface area contributed by atoms with Gasteiger partial charge in [-0.2, -0.15) is 20.0 Å². The van der Waals surface area contributed by atoms with Crippen molar-refractivity contribution in [2.75, 3.05) is 5.73 Å². The Bertz CT molecular complexity index is 1320. The van der Waals surface area contributed by atoms with Crippen molar-refractivity contribution >= 4 is 16.7 Å². The smallest absolute Gasteiger partial charge is 0.354 e. The van der Waals surface area contributed by atoms with E-state index in [1.54, 1.807) is 60.7 Å². The van der Waals surface area contributed by atoms with E-state index in [9.17, 15) is 14.9 Å². The standard InChI is InChI=1S/C19H12N6O2/c20-11-14-16-15(18(26)25(23-14)13-9-5-2-6-10-13)17(21)24(19(27)22-16)12-7-3-1-4-8-12/h1-10H,21H2. The van der Waals surface area contributed by atoms with Crippen LogP contribution < -0.4 is 17.0 Å². The summed E-state index contributed by atoms with van der Waals surface area (Å²) in [5.74, 6) is -0.0928. The van der Waals surface area contributed by atoms with Crippen molar-refractivity contribution < 1.29 is 0 Å². The zero-order valence-corrected chi connectivity index (χ0v) is 13.9. The molecule has 2 aromatic heterocycles. The Morgan fingerprint density at radius 1 is 0.926 bits per heavy atom. The van der Waals surface area contributed by atoms with E-state index < -0.39 is 11.2 Å². The van der Waals surface area contributed by atoms with E-state index in [2.05, 4.69) is 10.1 Å². The summed E-state index contributed by atoms with van der Waals surface area (Å²) in [7, 11) is 0. The van der Waals surface area contributed by atoms with E-state index in [1.165, 1.54) is 0 Å². The van der Waals surface area contributed by atoms with Crippen molar-refractivity contribution in [2.45, 2.75) is 0 Å². The zero-order chi connectivity index (χ0) is 19.0. The van der Waals surface area contributed by atoms with Gasteiger partial charge in [-0.15, -0.1) is 0 Å². The van der Waals surface area contributed by atoms with Crippen LogP contribution in [0.1, 0.15) is 5.69 Å². The Morgan fingerprint density at radius 3 is 2.11 bits per heavy atom. The third-order valence-electron chi connectivity index (χ3n) is 4.08. The molecule has 0 aliphatic heterocycles. The highest BCUT2D eigenvalue weighted by atomic mass is 16.1. The molecule has 2 heterocycles. The van der Waals surface area contributed by atoms with Crippen molar-refractivity contribution in [3.05, 3.63) is 87.2 Å². The fourth-order valence-electron chi connectivity index (χ4n) is 2.86. The second kappa shape index (κ2) is 6.24. The Morgan fingerprint density at radius 2 is 1.52 bits per heavy atom. The lowest BCUT2D eigenvalue weighted by Gasteiger charge is -2.13. The lowest BCUT2D eigenvalue weighted by molar-refractivity contribution is 0.805. The van der Waals surface area contributed by atoms with Gasteiger partial charge in [0.25, 0.3) is 5.56 Å². The number of fused-ring (bicyclic) bond motifs is 1. The normalized spacial score (nSPS) is 10.6. The van der Waals surface area contributed by atoms with Gasteiger partial charge in [0.05, 0.1) is 11.4 Å². The van der Waals surface area contributed by atoms with E-state index in [1.807, 2.05) is 6.07 Å². The summed E-state index contributed by atoms with van der Waals surface area (Å²) >= 11 is 0. The van der Waals surface area contributed by atoms with Gasteiger partial charge in [0.15, 0.2) is 5.69 Å². The molecule has 8 heteroatoms. The van der Waals surface area contributed by atoms with Crippen LogP contribution >= 0.6 is 0 Å². The van der Waals surface area contributed by atoms with Gasteiger partial charge in [0, 0.05) is 0 Å². The molecule has 4 rings (SSSR count). The molecule has 0 bridgehead atoms. The molecule has 0 unspecified atom stereocenters. The SMILES string of the molecule is N#Cc1nn(-c2ccccc2)c(=O)c2c(N)n(-c3ccccc3)c(=O)nc12. The van der Waals surface area contributed by atoms with Crippen LogP contribution in [0, 0.1) is 11.3 Å². The van der Waals surface area contributed by atoms with Crippen molar-refractivity contribution in [1.29, 1.82) is 5.26 Å². The molecule has 0 radical (unpaired) electrons. The molecule has 27 heavy (non-hydrogen) atoms. The average Bonchev–Trinajstić information content (AvgIpc) is 2.69. The minimum absolute atomic E-state index is 0.0335. The highest BCUT2D eigenvalue weighted by Gasteiger charge is 2.20. The van der Waals surface area contributed by atoms with E-state index >= 15 is 0 Å². The largest absolute Gasteiger partial charge is 0.384 e. The number of hydrogen-bond acceptors (Lipinski definition) is 6. The molecule has 8 nitrogen and oxygen atoms in total. The molecule has 0 amide bonds. The summed E-state index contributed by atoms with van der Waals surface area (Å²) in [5, 5.41) is 13.5. The van der Waals surface area contributed by atoms with Crippen LogP contribution in [0.5, 0.6) is 0 Å². The Labute approximate surface area is 152 Å². The van der Waals surface area contributed by atoms with Gasteiger partial charge >= 0.3 is 5.69 Å². The van der Waals surface area contributed by atoms with Crippen LogP contribution in [-0.4, -0.2) is 19.3 Å². The zero-order valence-electron chi connectivity index (χ0n) is 13.9.